The Morgan fingerprint density at radius 3 is 2.43 bits per heavy atom. The molecule has 6 nitrogen and oxygen atoms in total. The van der Waals surface area contributed by atoms with Crippen molar-refractivity contribution in [1.29, 1.82) is 0 Å². The van der Waals surface area contributed by atoms with Gasteiger partial charge in [0.05, 0.1) is 19.9 Å². The summed E-state index contributed by atoms with van der Waals surface area (Å²) >= 11 is 0. The molecule has 3 aromatic rings. The largest absolute Gasteiger partial charge is 0.497 e. The van der Waals surface area contributed by atoms with Gasteiger partial charge >= 0.3 is 5.97 Å². The average molecular weight is 405 g/mol. The van der Waals surface area contributed by atoms with Gasteiger partial charge in [-0.2, -0.15) is 0 Å². The molecule has 3 aromatic carbocycles. The third-order valence-electron chi connectivity index (χ3n) is 4.51. The lowest BCUT2D eigenvalue weighted by Gasteiger charge is -2.14. The minimum absolute atomic E-state index is 0.444. The Labute approximate surface area is 175 Å². The molecule has 30 heavy (non-hydrogen) atoms. The molecule has 0 radical (unpaired) electrons. The summed E-state index contributed by atoms with van der Waals surface area (Å²) in [6.45, 7) is 1.51. The molecule has 0 spiro atoms. The van der Waals surface area contributed by atoms with Crippen molar-refractivity contribution >= 4 is 34.4 Å². The summed E-state index contributed by atoms with van der Waals surface area (Å²) < 4.78 is 15.6. The number of carbonyl (C=O) groups is 2. The second kappa shape index (κ2) is 9.60. The van der Waals surface area contributed by atoms with Gasteiger partial charge in [-0.25, -0.2) is 4.79 Å². The number of para-hydroxylation sites is 2. The maximum Gasteiger partial charge on any atom is 0.331 e. The summed E-state index contributed by atoms with van der Waals surface area (Å²) in [5, 5.41) is 4.76. The highest BCUT2D eigenvalue weighted by molar-refractivity contribution is 5.97. The summed E-state index contributed by atoms with van der Waals surface area (Å²) in [6, 6.07) is 18.6. The van der Waals surface area contributed by atoms with Crippen molar-refractivity contribution in [3.05, 3.63) is 72.3 Å². The van der Waals surface area contributed by atoms with E-state index in [9.17, 15) is 9.59 Å². The fourth-order valence-electron chi connectivity index (χ4n) is 2.89. The summed E-state index contributed by atoms with van der Waals surface area (Å²) in [4.78, 5) is 24.4. The Kier molecular flexibility index (Phi) is 6.70. The fraction of sp³-hybridized carbons (Fsp3) is 0.167. The Balaban J connectivity index is 1.60. The van der Waals surface area contributed by atoms with Gasteiger partial charge in [0, 0.05) is 6.08 Å². The lowest BCUT2D eigenvalue weighted by Crippen LogP contribution is -2.29. The van der Waals surface area contributed by atoms with Crippen LogP contribution in [0.1, 0.15) is 12.5 Å². The summed E-state index contributed by atoms with van der Waals surface area (Å²) in [5.74, 6) is 0.265. The van der Waals surface area contributed by atoms with Crippen LogP contribution in [0.4, 0.5) is 5.69 Å². The summed E-state index contributed by atoms with van der Waals surface area (Å²) in [7, 11) is 3.14. The Morgan fingerprint density at radius 2 is 1.67 bits per heavy atom. The van der Waals surface area contributed by atoms with Crippen LogP contribution in [-0.4, -0.2) is 32.2 Å². The van der Waals surface area contributed by atoms with Crippen molar-refractivity contribution in [3.8, 4) is 11.5 Å². The third kappa shape index (κ3) is 5.17. The van der Waals surface area contributed by atoms with E-state index in [0.717, 1.165) is 22.1 Å². The minimum Gasteiger partial charge on any atom is -0.497 e. The number of benzene rings is 3. The van der Waals surface area contributed by atoms with E-state index in [1.165, 1.54) is 20.1 Å². The highest BCUT2D eigenvalue weighted by atomic mass is 16.5. The zero-order chi connectivity index (χ0) is 21.5. The predicted molar refractivity (Wildman–Crippen MR) is 117 cm³/mol. The predicted octanol–water partition coefficient (Wildman–Crippen LogP) is 4.44. The van der Waals surface area contributed by atoms with E-state index >= 15 is 0 Å². The molecule has 0 aliphatic rings. The number of ether oxygens (including phenoxy) is 3. The molecule has 6 heteroatoms. The van der Waals surface area contributed by atoms with E-state index in [4.69, 9.17) is 14.2 Å². The average Bonchev–Trinajstić information content (AvgIpc) is 2.77. The van der Waals surface area contributed by atoms with E-state index < -0.39 is 18.0 Å². The first-order valence-corrected chi connectivity index (χ1v) is 9.40. The second-order valence-corrected chi connectivity index (χ2v) is 6.57. The van der Waals surface area contributed by atoms with Crippen molar-refractivity contribution in [2.45, 2.75) is 13.0 Å². The molecule has 0 heterocycles. The molecule has 0 aliphatic carbocycles. The van der Waals surface area contributed by atoms with Gasteiger partial charge in [0.15, 0.2) is 6.10 Å². The third-order valence-corrected chi connectivity index (χ3v) is 4.51. The number of nitrogens with one attached hydrogen (secondary N) is 1. The molecule has 3 rings (SSSR count). The van der Waals surface area contributed by atoms with E-state index in [1.54, 1.807) is 37.5 Å². The molecule has 0 saturated carbocycles. The van der Waals surface area contributed by atoms with Crippen molar-refractivity contribution in [2.75, 3.05) is 19.5 Å². The number of esters is 1. The number of hydrogen-bond acceptors (Lipinski definition) is 5. The monoisotopic (exact) mass is 405 g/mol. The molecule has 1 amide bonds. The van der Waals surface area contributed by atoms with Gasteiger partial charge in [-0.15, -0.1) is 0 Å². The quantitative estimate of drug-likeness (QED) is 0.465. The van der Waals surface area contributed by atoms with E-state index in [1.807, 2.05) is 36.4 Å². The molecule has 0 fully saturated rings. The molecule has 0 saturated heterocycles. The molecular formula is C24H23NO5. The molecule has 154 valence electrons. The van der Waals surface area contributed by atoms with Gasteiger partial charge in [0.1, 0.15) is 11.5 Å². The van der Waals surface area contributed by atoms with E-state index in [0.29, 0.717) is 11.4 Å². The van der Waals surface area contributed by atoms with Crippen LogP contribution in [0.2, 0.25) is 0 Å². The number of anilines is 1. The highest BCUT2D eigenvalue weighted by Crippen LogP contribution is 2.24. The van der Waals surface area contributed by atoms with E-state index in [2.05, 4.69) is 5.32 Å². The van der Waals surface area contributed by atoms with E-state index in [-0.39, 0.29) is 0 Å². The zero-order valence-corrected chi connectivity index (χ0v) is 17.0. The van der Waals surface area contributed by atoms with Crippen LogP contribution >= 0.6 is 0 Å². The van der Waals surface area contributed by atoms with Gasteiger partial charge in [0.2, 0.25) is 0 Å². The lowest BCUT2D eigenvalue weighted by molar-refractivity contribution is -0.148. The van der Waals surface area contributed by atoms with Crippen molar-refractivity contribution in [2.24, 2.45) is 0 Å². The smallest absolute Gasteiger partial charge is 0.331 e. The second-order valence-electron chi connectivity index (χ2n) is 6.57. The molecule has 1 N–H and O–H groups in total. The first kappa shape index (κ1) is 20.9. The standard InChI is InChI=1S/C24H23NO5/c1-16(24(27)25-21-6-4-5-7-22(21)29-3)30-23(26)13-9-17-8-10-19-15-20(28-2)12-11-18(19)14-17/h4-16H,1-3H3,(H,25,27)/b13-9+/t16-/m1/s1. The van der Waals surface area contributed by atoms with Crippen LogP contribution in [0.3, 0.4) is 0 Å². The first-order valence-electron chi connectivity index (χ1n) is 9.40. The van der Waals surface area contributed by atoms with Crippen LogP contribution in [-0.2, 0) is 14.3 Å². The summed E-state index contributed by atoms with van der Waals surface area (Å²) in [5.41, 5.74) is 1.35. The number of methoxy groups -OCH3 is 2. The lowest BCUT2D eigenvalue weighted by atomic mass is 10.1. The number of carbonyl (C=O) groups excluding carboxylic acids is 2. The molecule has 0 bridgehead atoms. The molecule has 0 aromatic heterocycles. The topological polar surface area (TPSA) is 73.9 Å². The highest BCUT2D eigenvalue weighted by Gasteiger charge is 2.18. The molecule has 1 atom stereocenters. The summed E-state index contributed by atoms with van der Waals surface area (Å²) in [6.07, 6.45) is 1.99. The Morgan fingerprint density at radius 1 is 0.933 bits per heavy atom. The van der Waals surface area contributed by atoms with Crippen LogP contribution in [0.25, 0.3) is 16.8 Å². The molecular weight excluding hydrogens is 382 g/mol. The number of amides is 1. The van der Waals surface area contributed by atoms with Crippen LogP contribution in [0, 0.1) is 0 Å². The van der Waals surface area contributed by atoms with Gasteiger partial charge in [-0.1, -0.05) is 30.3 Å². The fourth-order valence-corrected chi connectivity index (χ4v) is 2.89. The molecule has 0 unspecified atom stereocenters. The number of rotatable bonds is 7. The van der Waals surface area contributed by atoms with Gasteiger partial charge in [0.25, 0.3) is 5.91 Å². The maximum atomic E-state index is 12.3. The number of hydrogen-bond donors (Lipinski definition) is 1. The maximum absolute atomic E-state index is 12.3. The number of fused-ring (bicyclic) bond motifs is 1. The van der Waals surface area contributed by atoms with Gasteiger partial charge in [-0.3, -0.25) is 4.79 Å². The molecule has 0 aliphatic heterocycles. The van der Waals surface area contributed by atoms with Crippen molar-refractivity contribution in [1.82, 2.24) is 0 Å². The van der Waals surface area contributed by atoms with Gasteiger partial charge in [-0.05, 0) is 59.7 Å². The first-order chi connectivity index (χ1) is 14.5. The SMILES string of the molecule is COc1ccc2cc(/C=C/C(=O)O[C@H](C)C(=O)Nc3ccccc3OC)ccc2c1. The van der Waals surface area contributed by atoms with Crippen LogP contribution in [0.5, 0.6) is 11.5 Å². The minimum atomic E-state index is -0.962. The van der Waals surface area contributed by atoms with Crippen LogP contribution in [0.15, 0.2) is 66.7 Å². The zero-order valence-electron chi connectivity index (χ0n) is 17.0. The van der Waals surface area contributed by atoms with Crippen molar-refractivity contribution in [3.63, 3.8) is 0 Å². The van der Waals surface area contributed by atoms with Crippen LogP contribution < -0.4 is 14.8 Å². The van der Waals surface area contributed by atoms with Crippen molar-refractivity contribution < 1.29 is 23.8 Å². The Hall–Kier alpha value is -3.80. The normalized spacial score (nSPS) is 11.8. The Bertz CT molecular complexity index is 1090. The van der Waals surface area contributed by atoms with Gasteiger partial charge < -0.3 is 19.5 Å².